The van der Waals surface area contributed by atoms with Gasteiger partial charge in [-0.2, -0.15) is 0 Å². The topological polar surface area (TPSA) is 63.8 Å². The van der Waals surface area contributed by atoms with Crippen molar-refractivity contribution in [3.63, 3.8) is 0 Å². The maximum Gasteiger partial charge on any atom is 0.158 e. The Hall–Kier alpha value is -1.52. The van der Waals surface area contributed by atoms with Crippen LogP contribution in [0.3, 0.4) is 0 Å². The first-order valence-corrected chi connectivity index (χ1v) is 4.73. The molecule has 2 rings (SSSR count). The minimum absolute atomic E-state index is 0. The second-order valence-corrected chi connectivity index (χ2v) is 3.28. The Morgan fingerprint density at radius 3 is 2.50 bits per heavy atom. The largest absolute Gasteiger partial charge is 0.393 e. The number of hydrogen-bond acceptors (Lipinski definition) is 4. The third kappa shape index (κ3) is 2.74. The molecule has 0 unspecified atom stereocenters. The lowest BCUT2D eigenvalue weighted by Crippen LogP contribution is -2.00. The van der Waals surface area contributed by atoms with Gasteiger partial charge in [0.05, 0.1) is 0 Å². The Morgan fingerprint density at radius 2 is 1.81 bits per heavy atom. The molecule has 0 fully saturated rings. The number of halogens is 2. The average molecular weight is 257 g/mol. The molecule has 1 aromatic carbocycles. The lowest BCUT2D eigenvalue weighted by Gasteiger charge is -2.07. The molecule has 0 saturated carbocycles. The number of para-hydroxylation sites is 1. The van der Waals surface area contributed by atoms with Gasteiger partial charge in [0.25, 0.3) is 0 Å². The zero-order valence-corrected chi connectivity index (χ0v) is 9.79. The van der Waals surface area contributed by atoms with E-state index in [2.05, 4.69) is 15.3 Å². The molecule has 84 valence electrons. The smallest absolute Gasteiger partial charge is 0.158 e. The van der Waals surface area contributed by atoms with Crippen LogP contribution in [-0.2, 0) is 0 Å². The van der Waals surface area contributed by atoms with Crippen molar-refractivity contribution in [3.05, 3.63) is 41.8 Å². The normalized spacial score (nSPS) is 9.31. The van der Waals surface area contributed by atoms with Crippen LogP contribution in [0.15, 0.2) is 36.7 Å². The van der Waals surface area contributed by atoms with Crippen molar-refractivity contribution in [1.82, 2.24) is 9.97 Å². The van der Waals surface area contributed by atoms with Crippen molar-refractivity contribution < 1.29 is 0 Å². The number of nitrogens with two attached hydrogens (primary N) is 1. The van der Waals surface area contributed by atoms with Crippen LogP contribution in [0.1, 0.15) is 0 Å². The van der Waals surface area contributed by atoms with Gasteiger partial charge in [-0.15, -0.1) is 12.4 Å². The summed E-state index contributed by atoms with van der Waals surface area (Å²) in [5, 5.41) is 3.31. The quantitative estimate of drug-likeness (QED) is 0.812. The molecule has 0 atom stereocenters. The summed E-state index contributed by atoms with van der Waals surface area (Å²) >= 11 is 5.76. The van der Waals surface area contributed by atoms with E-state index in [4.69, 9.17) is 17.3 Å². The minimum Gasteiger partial charge on any atom is -0.393 e. The van der Waals surface area contributed by atoms with E-state index in [1.54, 1.807) is 0 Å². The molecule has 0 bridgehead atoms. The van der Waals surface area contributed by atoms with Crippen molar-refractivity contribution in [3.8, 4) is 0 Å². The molecule has 0 spiro atoms. The number of rotatable bonds is 2. The molecule has 3 N–H and O–H groups in total. The molecular formula is C10H10Cl2N4. The van der Waals surface area contributed by atoms with Crippen LogP contribution >= 0.6 is 24.0 Å². The van der Waals surface area contributed by atoms with E-state index in [-0.39, 0.29) is 17.6 Å². The second-order valence-electron chi connectivity index (χ2n) is 2.92. The Bertz CT molecular complexity index is 462. The van der Waals surface area contributed by atoms with Gasteiger partial charge in [-0.3, -0.25) is 0 Å². The first kappa shape index (κ1) is 12.5. The maximum atomic E-state index is 5.76. The van der Waals surface area contributed by atoms with E-state index in [9.17, 15) is 0 Å². The Balaban J connectivity index is 0.00000128. The van der Waals surface area contributed by atoms with Gasteiger partial charge < -0.3 is 11.1 Å². The number of nitrogens with zero attached hydrogens (tertiary/aromatic N) is 2. The van der Waals surface area contributed by atoms with E-state index in [0.29, 0.717) is 11.5 Å². The Labute approximate surface area is 104 Å². The highest BCUT2D eigenvalue weighted by Crippen LogP contribution is 2.24. The predicted molar refractivity (Wildman–Crippen MR) is 68.4 cm³/mol. The highest BCUT2D eigenvalue weighted by Gasteiger charge is 2.05. The molecule has 1 aromatic heterocycles. The molecule has 0 amide bonds. The average Bonchev–Trinajstić information content (AvgIpc) is 2.26. The molecule has 1 heterocycles. The summed E-state index contributed by atoms with van der Waals surface area (Å²) in [4.78, 5) is 7.77. The summed E-state index contributed by atoms with van der Waals surface area (Å²) in [6.45, 7) is 0. The molecular weight excluding hydrogens is 247 g/mol. The van der Waals surface area contributed by atoms with Crippen LogP contribution in [0.2, 0.25) is 5.15 Å². The van der Waals surface area contributed by atoms with E-state index in [1.165, 1.54) is 6.33 Å². The SMILES string of the molecule is Cl.Nc1c(Cl)ncnc1Nc1ccccc1. The molecule has 0 saturated heterocycles. The number of nitrogens with one attached hydrogen (secondary N) is 1. The number of hydrogen-bond donors (Lipinski definition) is 2. The van der Waals surface area contributed by atoms with Crippen molar-refractivity contribution >= 4 is 41.2 Å². The number of nitrogen functional groups attached to an aromatic ring is 1. The van der Waals surface area contributed by atoms with Gasteiger partial charge in [0.1, 0.15) is 12.0 Å². The standard InChI is InChI=1S/C10H9ClN4.ClH/c11-9-8(12)10(14-6-13-9)15-7-4-2-1-3-5-7;/h1-6H,12H2,(H,13,14,15);1H. The molecule has 0 aliphatic carbocycles. The van der Waals surface area contributed by atoms with Crippen LogP contribution < -0.4 is 11.1 Å². The maximum absolute atomic E-state index is 5.76. The lowest BCUT2D eigenvalue weighted by molar-refractivity contribution is 1.17. The lowest BCUT2D eigenvalue weighted by atomic mass is 10.3. The second kappa shape index (κ2) is 5.53. The fourth-order valence-electron chi connectivity index (χ4n) is 1.13. The van der Waals surface area contributed by atoms with Gasteiger partial charge in [0.2, 0.25) is 0 Å². The monoisotopic (exact) mass is 256 g/mol. The summed E-state index contributed by atoms with van der Waals surface area (Å²) in [5.41, 5.74) is 6.96. The van der Waals surface area contributed by atoms with Crippen molar-refractivity contribution in [2.75, 3.05) is 11.1 Å². The third-order valence-corrected chi connectivity index (χ3v) is 2.17. The van der Waals surface area contributed by atoms with Gasteiger partial charge in [-0.25, -0.2) is 9.97 Å². The van der Waals surface area contributed by atoms with Gasteiger partial charge in [-0.1, -0.05) is 29.8 Å². The summed E-state index contributed by atoms with van der Waals surface area (Å²) in [7, 11) is 0. The van der Waals surface area contributed by atoms with Gasteiger partial charge in [0, 0.05) is 5.69 Å². The summed E-state index contributed by atoms with van der Waals surface area (Å²) < 4.78 is 0. The van der Waals surface area contributed by atoms with Crippen LogP contribution in [0, 0.1) is 0 Å². The van der Waals surface area contributed by atoms with Crippen LogP contribution in [0.25, 0.3) is 0 Å². The van der Waals surface area contributed by atoms with Crippen molar-refractivity contribution in [1.29, 1.82) is 0 Å². The molecule has 4 nitrogen and oxygen atoms in total. The first-order valence-electron chi connectivity index (χ1n) is 4.35. The summed E-state index contributed by atoms with van der Waals surface area (Å²) in [6, 6.07) is 9.59. The van der Waals surface area contributed by atoms with E-state index < -0.39 is 0 Å². The highest BCUT2D eigenvalue weighted by atomic mass is 35.5. The number of anilines is 3. The third-order valence-electron chi connectivity index (χ3n) is 1.87. The van der Waals surface area contributed by atoms with Gasteiger partial charge in [-0.05, 0) is 12.1 Å². The zero-order valence-electron chi connectivity index (χ0n) is 8.22. The van der Waals surface area contributed by atoms with Crippen molar-refractivity contribution in [2.45, 2.75) is 0 Å². The van der Waals surface area contributed by atoms with E-state index in [0.717, 1.165) is 5.69 Å². The minimum atomic E-state index is 0. The van der Waals surface area contributed by atoms with E-state index in [1.807, 2.05) is 30.3 Å². The van der Waals surface area contributed by atoms with Crippen LogP contribution in [0.5, 0.6) is 0 Å². The summed E-state index contributed by atoms with van der Waals surface area (Å²) in [6.07, 6.45) is 1.37. The molecule has 0 aliphatic heterocycles. The number of aromatic nitrogens is 2. The Kier molecular flexibility index (Phi) is 4.34. The molecule has 0 aliphatic rings. The van der Waals surface area contributed by atoms with Crippen molar-refractivity contribution in [2.24, 2.45) is 0 Å². The summed E-state index contributed by atoms with van der Waals surface area (Å²) in [5.74, 6) is 0.515. The van der Waals surface area contributed by atoms with E-state index >= 15 is 0 Å². The molecule has 0 radical (unpaired) electrons. The predicted octanol–water partition coefficient (Wildman–Crippen LogP) is 2.88. The highest BCUT2D eigenvalue weighted by molar-refractivity contribution is 6.32. The number of benzene rings is 1. The van der Waals surface area contributed by atoms with Gasteiger partial charge in [0.15, 0.2) is 11.0 Å². The Morgan fingerprint density at radius 1 is 1.12 bits per heavy atom. The molecule has 2 aromatic rings. The molecule has 16 heavy (non-hydrogen) atoms. The van der Waals surface area contributed by atoms with Crippen LogP contribution in [0.4, 0.5) is 17.2 Å². The molecule has 6 heteroatoms. The fraction of sp³-hybridized carbons (Fsp3) is 0. The van der Waals surface area contributed by atoms with Crippen LogP contribution in [-0.4, -0.2) is 9.97 Å². The van der Waals surface area contributed by atoms with Gasteiger partial charge >= 0.3 is 0 Å². The fourth-order valence-corrected chi connectivity index (χ4v) is 1.27. The first-order chi connectivity index (χ1) is 7.27. The zero-order chi connectivity index (χ0) is 10.7.